The van der Waals surface area contributed by atoms with Gasteiger partial charge < -0.3 is 10.1 Å². The fourth-order valence-corrected chi connectivity index (χ4v) is 5.03. The van der Waals surface area contributed by atoms with Gasteiger partial charge in [0.25, 0.3) is 0 Å². The van der Waals surface area contributed by atoms with Gasteiger partial charge in [0.05, 0.1) is 18.0 Å². The summed E-state index contributed by atoms with van der Waals surface area (Å²) in [5.74, 6) is -0.411. The smallest absolute Gasteiger partial charge is 0.359 e. The minimum Gasteiger partial charge on any atom is -0.461 e. The predicted molar refractivity (Wildman–Crippen MR) is 116 cm³/mol. The maximum Gasteiger partial charge on any atom is 0.359 e. The average molecular weight is 438 g/mol. The molecule has 7 nitrogen and oxygen atoms in total. The Bertz CT molecular complexity index is 864. The van der Waals surface area contributed by atoms with E-state index in [0.29, 0.717) is 37.5 Å². The molecule has 1 aliphatic rings. The molecule has 0 saturated carbocycles. The van der Waals surface area contributed by atoms with E-state index in [1.54, 1.807) is 29.6 Å². The largest absolute Gasteiger partial charge is 0.461 e. The van der Waals surface area contributed by atoms with E-state index in [2.05, 4.69) is 10.3 Å². The van der Waals surface area contributed by atoms with Crippen molar-refractivity contribution in [3.05, 3.63) is 59.2 Å². The van der Waals surface area contributed by atoms with E-state index in [1.165, 1.54) is 12.1 Å². The van der Waals surface area contributed by atoms with Gasteiger partial charge in [-0.05, 0) is 55.5 Å². The standard InChI is InChI=1S/C21H28FN3O4S/c1-2-29-21(26)20-19(23-9-11-25-10-3-4-12-30(25,27)28)14-17(15-24-20)13-16-5-7-18(22)8-6-16/h5-8,14-15,23,27-28H,2-4,9-13H2,1H3. The zero-order valence-corrected chi connectivity index (χ0v) is 17.8. The van der Waals surface area contributed by atoms with Gasteiger partial charge in [0, 0.05) is 25.8 Å². The van der Waals surface area contributed by atoms with Gasteiger partial charge in [0.2, 0.25) is 0 Å². The number of benzene rings is 1. The Hall–Kier alpha value is -2.20. The van der Waals surface area contributed by atoms with Gasteiger partial charge >= 0.3 is 5.97 Å². The molecule has 2 aromatic rings. The molecule has 9 heteroatoms. The number of ether oxygens (including phenoxy) is 1. The minimum atomic E-state index is -2.71. The van der Waals surface area contributed by atoms with E-state index in [0.717, 1.165) is 24.0 Å². The lowest BCUT2D eigenvalue weighted by atomic mass is 10.1. The highest BCUT2D eigenvalue weighted by Crippen LogP contribution is 2.46. The van der Waals surface area contributed by atoms with Crippen LogP contribution in [0.15, 0.2) is 36.5 Å². The van der Waals surface area contributed by atoms with Crippen molar-refractivity contribution in [1.29, 1.82) is 0 Å². The molecule has 3 N–H and O–H groups in total. The number of pyridine rings is 1. The number of nitrogens with one attached hydrogen (secondary N) is 1. The van der Waals surface area contributed by atoms with Gasteiger partial charge in [0.15, 0.2) is 5.69 Å². The first kappa shape index (κ1) is 22.5. The topological polar surface area (TPSA) is 94.9 Å². The third-order valence-corrected chi connectivity index (χ3v) is 6.93. The van der Waals surface area contributed by atoms with Crippen molar-refractivity contribution in [3.8, 4) is 0 Å². The summed E-state index contributed by atoms with van der Waals surface area (Å²) in [5.41, 5.74) is 2.50. The second kappa shape index (κ2) is 10.2. The lowest BCUT2D eigenvalue weighted by molar-refractivity contribution is 0.0520. The number of esters is 1. The molecule has 0 spiro atoms. The van der Waals surface area contributed by atoms with Crippen LogP contribution in [0, 0.1) is 5.82 Å². The second-order valence-corrected chi connectivity index (χ2v) is 9.35. The van der Waals surface area contributed by atoms with Crippen LogP contribution in [0.3, 0.4) is 0 Å². The molecule has 0 atom stereocenters. The molecule has 1 saturated heterocycles. The molecule has 1 aromatic heterocycles. The fraction of sp³-hybridized carbons (Fsp3) is 0.429. The number of hydrogen-bond acceptors (Lipinski definition) is 7. The van der Waals surface area contributed by atoms with Gasteiger partial charge in [0.1, 0.15) is 5.82 Å². The van der Waals surface area contributed by atoms with E-state index >= 15 is 0 Å². The monoisotopic (exact) mass is 437 g/mol. The van der Waals surface area contributed by atoms with Crippen molar-refractivity contribution in [2.24, 2.45) is 0 Å². The third kappa shape index (κ3) is 5.91. The summed E-state index contributed by atoms with van der Waals surface area (Å²) >= 11 is 0. The van der Waals surface area contributed by atoms with Crippen molar-refractivity contribution < 1.29 is 23.0 Å². The van der Waals surface area contributed by atoms with E-state index in [-0.39, 0.29) is 18.1 Å². The second-order valence-electron chi connectivity index (χ2n) is 7.16. The molecule has 164 valence electrons. The zero-order chi connectivity index (χ0) is 21.6. The first-order valence-electron chi connectivity index (χ1n) is 10.0. The van der Waals surface area contributed by atoms with Crippen LogP contribution in [0.4, 0.5) is 10.1 Å². The maximum atomic E-state index is 13.1. The van der Waals surface area contributed by atoms with E-state index < -0.39 is 16.7 Å². The Morgan fingerprint density at radius 2 is 2.03 bits per heavy atom. The van der Waals surface area contributed by atoms with Crippen LogP contribution in [0.5, 0.6) is 0 Å². The van der Waals surface area contributed by atoms with Crippen LogP contribution in [-0.2, 0) is 11.2 Å². The molecule has 0 unspecified atom stereocenters. The maximum absolute atomic E-state index is 13.1. The van der Waals surface area contributed by atoms with E-state index in [4.69, 9.17) is 4.74 Å². The molecule has 3 rings (SSSR count). The number of anilines is 1. The highest BCUT2D eigenvalue weighted by atomic mass is 32.3. The highest BCUT2D eigenvalue weighted by Gasteiger charge is 2.26. The van der Waals surface area contributed by atoms with Crippen molar-refractivity contribution in [3.63, 3.8) is 0 Å². The summed E-state index contributed by atoms with van der Waals surface area (Å²) in [6.45, 7) is 3.47. The molecule has 0 amide bonds. The molecule has 30 heavy (non-hydrogen) atoms. The van der Waals surface area contributed by atoms with Gasteiger partial charge in [-0.25, -0.2) is 18.5 Å². The van der Waals surface area contributed by atoms with Crippen molar-refractivity contribution in [1.82, 2.24) is 9.29 Å². The van der Waals surface area contributed by atoms with E-state index in [1.807, 2.05) is 6.07 Å². The third-order valence-electron chi connectivity index (χ3n) is 4.90. The van der Waals surface area contributed by atoms with Crippen LogP contribution in [-0.4, -0.2) is 56.4 Å². The molecule has 0 aliphatic carbocycles. The number of hydrogen-bond donors (Lipinski definition) is 3. The van der Waals surface area contributed by atoms with Crippen LogP contribution in [0.2, 0.25) is 0 Å². The molecular formula is C21H28FN3O4S. The molecular weight excluding hydrogens is 409 g/mol. The molecule has 0 bridgehead atoms. The van der Waals surface area contributed by atoms with Crippen molar-refractivity contribution >= 4 is 22.4 Å². The Labute approximate surface area is 177 Å². The van der Waals surface area contributed by atoms with Gasteiger partial charge in [-0.3, -0.25) is 9.11 Å². The Balaban J connectivity index is 1.73. The summed E-state index contributed by atoms with van der Waals surface area (Å²) in [7, 11) is -2.71. The summed E-state index contributed by atoms with van der Waals surface area (Å²) < 4.78 is 40.3. The number of aromatic nitrogens is 1. The van der Waals surface area contributed by atoms with E-state index in [9.17, 15) is 18.3 Å². The average Bonchev–Trinajstić information content (AvgIpc) is 2.71. The summed E-state index contributed by atoms with van der Waals surface area (Å²) in [5, 5.41) is 3.20. The van der Waals surface area contributed by atoms with Gasteiger partial charge in [-0.1, -0.05) is 12.1 Å². The van der Waals surface area contributed by atoms with Crippen LogP contribution >= 0.6 is 10.8 Å². The number of carbonyl (C=O) groups excluding carboxylic acids is 1. The predicted octanol–water partition coefficient (Wildman–Crippen LogP) is 4.16. The normalized spacial score (nSPS) is 17.3. The van der Waals surface area contributed by atoms with Crippen LogP contribution < -0.4 is 5.32 Å². The highest BCUT2D eigenvalue weighted by molar-refractivity contribution is 8.22. The number of halogens is 1. The first-order chi connectivity index (χ1) is 14.4. The number of nitrogens with zero attached hydrogens (tertiary/aromatic N) is 2. The lowest BCUT2D eigenvalue weighted by Crippen LogP contribution is -2.37. The van der Waals surface area contributed by atoms with Gasteiger partial charge in [-0.15, -0.1) is 10.8 Å². The zero-order valence-electron chi connectivity index (χ0n) is 17.0. The molecule has 2 heterocycles. The Morgan fingerprint density at radius 3 is 2.73 bits per heavy atom. The summed E-state index contributed by atoms with van der Waals surface area (Å²) in [6, 6.07) is 8.07. The number of carbonyl (C=O) groups is 1. The lowest BCUT2D eigenvalue weighted by Gasteiger charge is -2.46. The SMILES string of the molecule is CCOC(=O)c1ncc(Cc2ccc(F)cc2)cc1NCCN1CCCCS1(O)O. The Kier molecular flexibility index (Phi) is 7.65. The first-order valence-corrected chi connectivity index (χ1v) is 11.7. The van der Waals surface area contributed by atoms with Crippen LogP contribution in [0.1, 0.15) is 41.4 Å². The quantitative estimate of drug-likeness (QED) is 0.534. The van der Waals surface area contributed by atoms with Crippen LogP contribution in [0.25, 0.3) is 0 Å². The number of rotatable bonds is 8. The van der Waals surface area contributed by atoms with Gasteiger partial charge in [-0.2, -0.15) is 0 Å². The molecule has 0 radical (unpaired) electrons. The molecule has 1 fully saturated rings. The van der Waals surface area contributed by atoms with Crippen molar-refractivity contribution in [2.45, 2.75) is 26.2 Å². The Morgan fingerprint density at radius 1 is 1.27 bits per heavy atom. The fourth-order valence-electron chi connectivity index (χ4n) is 3.37. The minimum absolute atomic E-state index is 0.185. The summed E-state index contributed by atoms with van der Waals surface area (Å²) in [6.07, 6.45) is 3.90. The molecule has 1 aliphatic heterocycles. The molecule has 1 aromatic carbocycles. The summed E-state index contributed by atoms with van der Waals surface area (Å²) in [4.78, 5) is 16.6. The van der Waals surface area contributed by atoms with Crippen molar-refractivity contribution in [2.75, 3.05) is 37.3 Å².